The highest BCUT2D eigenvalue weighted by molar-refractivity contribution is 5.98. The summed E-state index contributed by atoms with van der Waals surface area (Å²) in [7, 11) is 0. The largest absolute Gasteiger partial charge is 0.486 e. The number of rotatable bonds is 6. The van der Waals surface area contributed by atoms with Crippen LogP contribution in [0.2, 0.25) is 0 Å². The van der Waals surface area contributed by atoms with E-state index in [0.717, 1.165) is 11.0 Å². The topological polar surface area (TPSA) is 93.3 Å². The highest BCUT2D eigenvalue weighted by atomic mass is 16.6. The van der Waals surface area contributed by atoms with Crippen molar-refractivity contribution in [2.24, 2.45) is 0 Å². The zero-order chi connectivity index (χ0) is 19.5. The summed E-state index contributed by atoms with van der Waals surface area (Å²) < 4.78 is 11.0. The lowest BCUT2D eigenvalue weighted by molar-refractivity contribution is -0.121. The Hall–Kier alpha value is -3.35. The van der Waals surface area contributed by atoms with E-state index in [1.807, 2.05) is 31.2 Å². The first-order chi connectivity index (χ1) is 13.6. The van der Waals surface area contributed by atoms with Crippen molar-refractivity contribution >= 4 is 22.7 Å². The normalized spacial score (nSPS) is 13.9. The molecule has 1 atom stereocenters. The second-order valence-electron chi connectivity index (χ2n) is 6.71. The van der Waals surface area contributed by atoms with Crippen LogP contribution in [0.4, 0.5) is 0 Å². The molecule has 0 radical (unpaired) electrons. The number of aromatic amines is 1. The van der Waals surface area contributed by atoms with Crippen molar-refractivity contribution in [1.29, 1.82) is 0 Å². The number of hydrogen-bond donors (Lipinski definition) is 2. The number of fused-ring (bicyclic) bond motifs is 2. The van der Waals surface area contributed by atoms with Gasteiger partial charge in [0.2, 0.25) is 5.91 Å². The lowest BCUT2D eigenvalue weighted by Crippen LogP contribution is -2.27. The Morgan fingerprint density at radius 3 is 2.71 bits per heavy atom. The minimum absolute atomic E-state index is 0.108. The SMILES string of the molecule is CC(NC(=O)CCC(=O)c1ccc2c(c1)OCCO2)c1nc2ccccc2[nH]1. The van der Waals surface area contributed by atoms with Gasteiger partial charge in [-0.2, -0.15) is 0 Å². The van der Waals surface area contributed by atoms with Crippen molar-refractivity contribution in [3.63, 3.8) is 0 Å². The Labute approximate surface area is 162 Å². The van der Waals surface area contributed by atoms with Crippen molar-refractivity contribution in [2.45, 2.75) is 25.8 Å². The fourth-order valence-corrected chi connectivity index (χ4v) is 3.15. The van der Waals surface area contributed by atoms with Gasteiger partial charge in [0.1, 0.15) is 19.0 Å². The summed E-state index contributed by atoms with van der Waals surface area (Å²) in [6.45, 7) is 2.83. The third-order valence-electron chi connectivity index (χ3n) is 4.64. The van der Waals surface area contributed by atoms with E-state index in [2.05, 4.69) is 15.3 Å². The Morgan fingerprint density at radius 2 is 1.89 bits per heavy atom. The van der Waals surface area contributed by atoms with Crippen molar-refractivity contribution in [3.8, 4) is 11.5 Å². The first-order valence-electron chi connectivity index (χ1n) is 9.27. The molecule has 1 aromatic heterocycles. The molecular formula is C21H21N3O4. The van der Waals surface area contributed by atoms with E-state index in [4.69, 9.17) is 9.47 Å². The summed E-state index contributed by atoms with van der Waals surface area (Å²) in [6.07, 6.45) is 0.232. The van der Waals surface area contributed by atoms with E-state index in [1.165, 1.54) is 0 Å². The Morgan fingerprint density at radius 1 is 1.11 bits per heavy atom. The molecule has 144 valence electrons. The van der Waals surface area contributed by atoms with Crippen LogP contribution in [-0.2, 0) is 4.79 Å². The van der Waals surface area contributed by atoms with Gasteiger partial charge < -0.3 is 19.8 Å². The average molecular weight is 379 g/mol. The third kappa shape index (κ3) is 3.83. The second-order valence-corrected chi connectivity index (χ2v) is 6.71. The molecule has 0 aliphatic carbocycles. The fourth-order valence-electron chi connectivity index (χ4n) is 3.15. The zero-order valence-corrected chi connectivity index (χ0v) is 15.5. The van der Waals surface area contributed by atoms with Gasteiger partial charge in [0, 0.05) is 18.4 Å². The molecule has 0 spiro atoms. The number of ether oxygens (including phenoxy) is 2. The van der Waals surface area contributed by atoms with Gasteiger partial charge in [-0.05, 0) is 37.3 Å². The van der Waals surface area contributed by atoms with Gasteiger partial charge >= 0.3 is 0 Å². The molecule has 7 heteroatoms. The van der Waals surface area contributed by atoms with Gasteiger partial charge in [-0.1, -0.05) is 12.1 Å². The maximum Gasteiger partial charge on any atom is 0.221 e. The number of carbonyl (C=O) groups excluding carboxylic acids is 2. The Balaban J connectivity index is 1.33. The van der Waals surface area contributed by atoms with E-state index in [1.54, 1.807) is 18.2 Å². The molecule has 3 aromatic rings. The Kier molecular flexibility index (Phi) is 4.97. The van der Waals surface area contributed by atoms with E-state index >= 15 is 0 Å². The molecule has 0 fully saturated rings. The molecule has 0 bridgehead atoms. The molecule has 7 nitrogen and oxygen atoms in total. The fraction of sp³-hybridized carbons (Fsp3) is 0.286. The van der Waals surface area contributed by atoms with Crippen molar-refractivity contribution in [3.05, 3.63) is 53.9 Å². The first kappa shape index (κ1) is 18.0. The summed E-state index contributed by atoms with van der Waals surface area (Å²) in [5.74, 6) is 1.59. The third-order valence-corrected chi connectivity index (χ3v) is 4.64. The quantitative estimate of drug-likeness (QED) is 0.642. The van der Waals surface area contributed by atoms with Gasteiger partial charge in [-0.3, -0.25) is 9.59 Å². The minimum Gasteiger partial charge on any atom is -0.486 e. The maximum absolute atomic E-state index is 12.4. The van der Waals surface area contributed by atoms with E-state index in [-0.39, 0.29) is 30.6 Å². The standard InChI is InChI=1S/C21H21N3O4/c1-13(21-23-15-4-2-3-5-16(15)24-21)22-20(26)9-7-17(25)14-6-8-18-19(12-14)28-11-10-27-18/h2-6,8,12-13H,7,9-11H2,1H3,(H,22,26)(H,23,24). The molecule has 1 aliphatic rings. The number of Topliss-reactive ketones (excluding diaryl/α,β-unsaturated/α-hetero) is 1. The van der Waals surface area contributed by atoms with Gasteiger partial charge in [-0.15, -0.1) is 0 Å². The van der Waals surface area contributed by atoms with Crippen LogP contribution in [0, 0.1) is 0 Å². The van der Waals surface area contributed by atoms with Crippen LogP contribution in [0.3, 0.4) is 0 Å². The Bertz CT molecular complexity index is 994. The smallest absolute Gasteiger partial charge is 0.221 e. The molecule has 2 heterocycles. The molecule has 2 aromatic carbocycles. The van der Waals surface area contributed by atoms with Crippen LogP contribution in [0.15, 0.2) is 42.5 Å². The molecular weight excluding hydrogens is 358 g/mol. The first-order valence-corrected chi connectivity index (χ1v) is 9.27. The number of benzene rings is 2. The number of H-pyrrole nitrogens is 1. The number of aromatic nitrogens is 2. The summed E-state index contributed by atoms with van der Waals surface area (Å²) in [6, 6.07) is 12.5. The predicted molar refractivity (Wildman–Crippen MR) is 104 cm³/mol. The predicted octanol–water partition coefficient (Wildman–Crippen LogP) is 3.17. The van der Waals surface area contributed by atoms with E-state index in [0.29, 0.717) is 36.1 Å². The molecule has 0 saturated carbocycles. The van der Waals surface area contributed by atoms with Crippen LogP contribution >= 0.6 is 0 Å². The summed E-state index contributed by atoms with van der Waals surface area (Å²) in [5, 5.41) is 2.88. The van der Waals surface area contributed by atoms with Crippen molar-refractivity contribution < 1.29 is 19.1 Å². The molecule has 2 N–H and O–H groups in total. The number of imidazole rings is 1. The zero-order valence-electron chi connectivity index (χ0n) is 15.5. The highest BCUT2D eigenvalue weighted by Gasteiger charge is 2.17. The van der Waals surface area contributed by atoms with Gasteiger partial charge in [0.05, 0.1) is 17.1 Å². The summed E-state index contributed by atoms with van der Waals surface area (Å²) in [4.78, 5) is 32.4. The lowest BCUT2D eigenvalue weighted by Gasteiger charge is -2.18. The van der Waals surface area contributed by atoms with Gasteiger partial charge in [0.25, 0.3) is 0 Å². The molecule has 0 saturated heterocycles. The molecule has 28 heavy (non-hydrogen) atoms. The average Bonchev–Trinajstić information content (AvgIpc) is 3.16. The number of para-hydroxylation sites is 2. The van der Waals surface area contributed by atoms with Gasteiger partial charge in [0.15, 0.2) is 17.3 Å². The van der Waals surface area contributed by atoms with Crippen molar-refractivity contribution in [2.75, 3.05) is 13.2 Å². The number of amides is 1. The monoisotopic (exact) mass is 379 g/mol. The van der Waals surface area contributed by atoms with Crippen LogP contribution in [0.25, 0.3) is 11.0 Å². The lowest BCUT2D eigenvalue weighted by atomic mass is 10.1. The molecule has 1 aliphatic heterocycles. The summed E-state index contributed by atoms with van der Waals surface area (Å²) >= 11 is 0. The number of nitrogens with one attached hydrogen (secondary N) is 2. The molecule has 4 rings (SSSR count). The number of ketones is 1. The maximum atomic E-state index is 12.4. The van der Waals surface area contributed by atoms with E-state index in [9.17, 15) is 9.59 Å². The second kappa shape index (κ2) is 7.72. The molecule has 1 unspecified atom stereocenters. The van der Waals surface area contributed by atoms with E-state index < -0.39 is 0 Å². The van der Waals surface area contributed by atoms with Crippen LogP contribution in [0.1, 0.15) is 42.0 Å². The molecule has 1 amide bonds. The van der Waals surface area contributed by atoms with Crippen LogP contribution < -0.4 is 14.8 Å². The summed E-state index contributed by atoms with van der Waals surface area (Å²) in [5.41, 5.74) is 2.29. The number of nitrogens with zero attached hydrogens (tertiary/aromatic N) is 1. The van der Waals surface area contributed by atoms with Crippen LogP contribution in [0.5, 0.6) is 11.5 Å². The highest BCUT2D eigenvalue weighted by Crippen LogP contribution is 2.31. The number of hydrogen-bond acceptors (Lipinski definition) is 5. The van der Waals surface area contributed by atoms with Gasteiger partial charge in [-0.25, -0.2) is 4.98 Å². The van der Waals surface area contributed by atoms with Crippen LogP contribution in [-0.4, -0.2) is 34.9 Å². The number of carbonyl (C=O) groups is 2. The van der Waals surface area contributed by atoms with Crippen molar-refractivity contribution in [1.82, 2.24) is 15.3 Å². The minimum atomic E-state index is -0.274.